The molecule has 1 aliphatic rings. The molecule has 7 heteroatoms. The summed E-state index contributed by atoms with van der Waals surface area (Å²) in [5.41, 5.74) is 0. The molecule has 1 fully saturated rings. The van der Waals surface area contributed by atoms with E-state index in [1.807, 2.05) is 49.4 Å². The Bertz CT molecular complexity index is 1160. The van der Waals surface area contributed by atoms with Gasteiger partial charge in [-0.05, 0) is 41.5 Å². The van der Waals surface area contributed by atoms with E-state index in [9.17, 15) is 13.2 Å². The van der Waals surface area contributed by atoms with Gasteiger partial charge in [-0.2, -0.15) is 4.31 Å². The highest BCUT2D eigenvalue weighted by molar-refractivity contribution is 7.89. The maximum atomic E-state index is 13.1. The van der Waals surface area contributed by atoms with Crippen LogP contribution in [0.3, 0.4) is 0 Å². The standard InChI is InChI=1S/C24H26N2O4S/c1-2-23(30-21-13-12-19-8-6-7-9-20(19)18-21)24(27)25-14-16-26(17-15-25)31(28,29)22-10-4-3-5-11-22/h3-13,18,23H,2,14-17H2,1H3/t23-/m0/s1. The Labute approximate surface area is 183 Å². The zero-order valence-electron chi connectivity index (χ0n) is 17.5. The Kier molecular flexibility index (Phi) is 6.25. The van der Waals surface area contributed by atoms with E-state index in [0.29, 0.717) is 25.3 Å². The number of hydrogen-bond acceptors (Lipinski definition) is 4. The predicted molar refractivity (Wildman–Crippen MR) is 120 cm³/mol. The average molecular weight is 439 g/mol. The molecule has 6 nitrogen and oxygen atoms in total. The molecule has 31 heavy (non-hydrogen) atoms. The van der Waals surface area contributed by atoms with Gasteiger partial charge >= 0.3 is 0 Å². The SMILES string of the molecule is CC[C@H](Oc1ccc2ccccc2c1)C(=O)N1CCN(S(=O)(=O)c2ccccc2)CC1. The molecule has 3 aromatic carbocycles. The summed E-state index contributed by atoms with van der Waals surface area (Å²) >= 11 is 0. The lowest BCUT2D eigenvalue weighted by Crippen LogP contribution is -2.53. The second-order valence-electron chi connectivity index (χ2n) is 7.57. The molecule has 1 heterocycles. The van der Waals surface area contributed by atoms with Crippen molar-refractivity contribution in [1.29, 1.82) is 0 Å². The number of carbonyl (C=O) groups is 1. The van der Waals surface area contributed by atoms with Crippen LogP contribution in [0.4, 0.5) is 0 Å². The van der Waals surface area contributed by atoms with Crippen LogP contribution in [0.5, 0.6) is 5.75 Å². The smallest absolute Gasteiger partial charge is 0.263 e. The van der Waals surface area contributed by atoms with E-state index in [1.165, 1.54) is 4.31 Å². The zero-order chi connectivity index (χ0) is 21.8. The van der Waals surface area contributed by atoms with Crippen molar-refractivity contribution in [3.8, 4) is 5.75 Å². The van der Waals surface area contributed by atoms with Gasteiger partial charge in [0, 0.05) is 26.2 Å². The van der Waals surface area contributed by atoms with Gasteiger partial charge in [0.1, 0.15) is 5.75 Å². The summed E-state index contributed by atoms with van der Waals surface area (Å²) in [6.45, 7) is 3.16. The van der Waals surface area contributed by atoms with Gasteiger partial charge in [-0.25, -0.2) is 8.42 Å². The second-order valence-corrected chi connectivity index (χ2v) is 9.50. The first kappa shape index (κ1) is 21.3. The first-order valence-electron chi connectivity index (χ1n) is 10.5. The van der Waals surface area contributed by atoms with E-state index in [-0.39, 0.29) is 23.9 Å². The summed E-state index contributed by atoms with van der Waals surface area (Å²) in [5.74, 6) is 0.552. The number of benzene rings is 3. The van der Waals surface area contributed by atoms with Crippen molar-refractivity contribution in [2.45, 2.75) is 24.3 Å². The van der Waals surface area contributed by atoms with Crippen LogP contribution in [0.25, 0.3) is 10.8 Å². The minimum Gasteiger partial charge on any atom is -0.481 e. The van der Waals surface area contributed by atoms with Crippen LogP contribution in [0.15, 0.2) is 77.7 Å². The minimum atomic E-state index is -3.54. The van der Waals surface area contributed by atoms with E-state index in [0.717, 1.165) is 10.8 Å². The van der Waals surface area contributed by atoms with Gasteiger partial charge in [-0.15, -0.1) is 0 Å². The highest BCUT2D eigenvalue weighted by Crippen LogP contribution is 2.23. The maximum Gasteiger partial charge on any atom is 0.263 e. The van der Waals surface area contributed by atoms with Gasteiger partial charge in [-0.1, -0.05) is 55.5 Å². The molecule has 0 saturated carbocycles. The highest BCUT2D eigenvalue weighted by atomic mass is 32.2. The van der Waals surface area contributed by atoms with Crippen LogP contribution < -0.4 is 4.74 Å². The molecule has 1 amide bonds. The Morgan fingerprint density at radius 2 is 1.55 bits per heavy atom. The summed E-state index contributed by atoms with van der Waals surface area (Å²) < 4.78 is 33.1. The first-order chi connectivity index (χ1) is 15.0. The molecule has 1 aliphatic heterocycles. The molecule has 4 rings (SSSR count). The highest BCUT2D eigenvalue weighted by Gasteiger charge is 2.32. The van der Waals surface area contributed by atoms with E-state index < -0.39 is 16.1 Å². The number of rotatable bonds is 6. The van der Waals surface area contributed by atoms with Gasteiger partial charge in [0.2, 0.25) is 10.0 Å². The number of fused-ring (bicyclic) bond motifs is 1. The van der Waals surface area contributed by atoms with Crippen molar-refractivity contribution in [2.24, 2.45) is 0 Å². The molecule has 0 N–H and O–H groups in total. The Balaban J connectivity index is 1.40. The number of nitrogens with zero attached hydrogens (tertiary/aromatic N) is 2. The number of sulfonamides is 1. The molecule has 1 saturated heterocycles. The predicted octanol–water partition coefficient (Wildman–Crippen LogP) is 3.53. The minimum absolute atomic E-state index is 0.104. The molecule has 0 unspecified atom stereocenters. The van der Waals surface area contributed by atoms with Crippen molar-refractivity contribution in [1.82, 2.24) is 9.21 Å². The molecular weight excluding hydrogens is 412 g/mol. The van der Waals surface area contributed by atoms with Crippen LogP contribution in [0.1, 0.15) is 13.3 Å². The van der Waals surface area contributed by atoms with Crippen molar-refractivity contribution in [3.05, 3.63) is 72.8 Å². The molecule has 162 valence electrons. The number of carbonyl (C=O) groups excluding carboxylic acids is 1. The van der Waals surface area contributed by atoms with Crippen LogP contribution in [-0.4, -0.2) is 55.8 Å². The number of ether oxygens (including phenoxy) is 1. The summed E-state index contributed by atoms with van der Waals surface area (Å²) in [7, 11) is -3.54. The van der Waals surface area contributed by atoms with Crippen molar-refractivity contribution in [2.75, 3.05) is 26.2 Å². The third-order valence-electron chi connectivity index (χ3n) is 5.58. The molecule has 1 atom stereocenters. The third-order valence-corrected chi connectivity index (χ3v) is 7.49. The molecule has 0 aliphatic carbocycles. The lowest BCUT2D eigenvalue weighted by Gasteiger charge is -2.35. The second kappa shape index (κ2) is 9.08. The van der Waals surface area contributed by atoms with Gasteiger partial charge in [-0.3, -0.25) is 4.79 Å². The number of hydrogen-bond donors (Lipinski definition) is 0. The third kappa shape index (κ3) is 4.57. The molecule has 0 spiro atoms. The fourth-order valence-corrected chi connectivity index (χ4v) is 5.25. The fraction of sp³-hybridized carbons (Fsp3) is 0.292. The van der Waals surface area contributed by atoms with E-state index in [4.69, 9.17) is 4.74 Å². The monoisotopic (exact) mass is 438 g/mol. The van der Waals surface area contributed by atoms with E-state index in [1.54, 1.807) is 35.2 Å². The molecule has 0 bridgehead atoms. The fourth-order valence-electron chi connectivity index (χ4n) is 3.81. The largest absolute Gasteiger partial charge is 0.481 e. The zero-order valence-corrected chi connectivity index (χ0v) is 18.3. The lowest BCUT2D eigenvalue weighted by molar-refractivity contribution is -0.140. The van der Waals surface area contributed by atoms with Crippen molar-refractivity contribution >= 4 is 26.7 Å². The van der Waals surface area contributed by atoms with Crippen LogP contribution in [0, 0.1) is 0 Å². The summed E-state index contributed by atoms with van der Waals surface area (Å²) in [6, 6.07) is 22.2. The van der Waals surface area contributed by atoms with E-state index >= 15 is 0 Å². The normalized spacial score (nSPS) is 16.2. The summed E-state index contributed by atoms with van der Waals surface area (Å²) in [5, 5.41) is 2.17. The van der Waals surface area contributed by atoms with Crippen LogP contribution in [-0.2, 0) is 14.8 Å². The Morgan fingerprint density at radius 1 is 0.903 bits per heavy atom. The topological polar surface area (TPSA) is 66.9 Å². The lowest BCUT2D eigenvalue weighted by atomic mass is 10.1. The van der Waals surface area contributed by atoms with Gasteiger partial charge < -0.3 is 9.64 Å². The Morgan fingerprint density at radius 3 is 2.23 bits per heavy atom. The van der Waals surface area contributed by atoms with Crippen molar-refractivity contribution < 1.29 is 17.9 Å². The molecule has 3 aromatic rings. The molecular formula is C24H26N2O4S. The molecule has 0 radical (unpaired) electrons. The van der Waals surface area contributed by atoms with Crippen molar-refractivity contribution in [3.63, 3.8) is 0 Å². The quantitative estimate of drug-likeness (QED) is 0.591. The average Bonchev–Trinajstić information content (AvgIpc) is 2.82. The Hall–Kier alpha value is -2.90. The summed E-state index contributed by atoms with van der Waals surface area (Å²) in [6.07, 6.45) is -0.0628. The van der Waals surface area contributed by atoms with Gasteiger partial charge in [0.05, 0.1) is 4.90 Å². The van der Waals surface area contributed by atoms with Crippen LogP contribution in [0.2, 0.25) is 0 Å². The first-order valence-corrected chi connectivity index (χ1v) is 11.9. The van der Waals surface area contributed by atoms with Gasteiger partial charge in [0.15, 0.2) is 6.10 Å². The summed E-state index contributed by atoms with van der Waals surface area (Å²) in [4.78, 5) is 15.0. The number of piperazine rings is 1. The maximum absolute atomic E-state index is 13.1. The van der Waals surface area contributed by atoms with Gasteiger partial charge in [0.25, 0.3) is 5.91 Å². The number of amides is 1. The molecule has 0 aromatic heterocycles. The van der Waals surface area contributed by atoms with Crippen LogP contribution >= 0.6 is 0 Å². The van der Waals surface area contributed by atoms with E-state index in [2.05, 4.69) is 0 Å².